The van der Waals surface area contributed by atoms with Gasteiger partial charge >= 0.3 is 6.09 Å². The normalized spacial score (nSPS) is 11.2. The predicted molar refractivity (Wildman–Crippen MR) is 54.1 cm³/mol. The molecule has 84 valence electrons. The third kappa shape index (κ3) is 3.94. The lowest BCUT2D eigenvalue weighted by molar-refractivity contribution is 0.0634. The topological polar surface area (TPSA) is 106 Å². The Balaban J connectivity index is 2.51. The van der Waals surface area contributed by atoms with Crippen LogP contribution >= 0.6 is 0 Å². The largest absolute Gasteiger partial charge is 0.444 e. The number of aromatic nitrogens is 3. The van der Waals surface area contributed by atoms with Gasteiger partial charge in [-0.1, -0.05) is 0 Å². The molecule has 7 heteroatoms. The van der Waals surface area contributed by atoms with Gasteiger partial charge in [0.2, 0.25) is 0 Å². The van der Waals surface area contributed by atoms with Crippen molar-refractivity contribution in [2.45, 2.75) is 32.9 Å². The van der Waals surface area contributed by atoms with E-state index in [1.807, 2.05) is 0 Å². The Labute approximate surface area is 87.4 Å². The van der Waals surface area contributed by atoms with Crippen molar-refractivity contribution in [3.05, 3.63) is 5.82 Å². The number of amides is 1. The van der Waals surface area contributed by atoms with Crippen LogP contribution in [0.2, 0.25) is 0 Å². The lowest BCUT2D eigenvalue weighted by Gasteiger charge is -2.18. The molecule has 15 heavy (non-hydrogen) atoms. The molecule has 0 bridgehead atoms. The number of rotatable bonds is 2. The molecule has 0 fully saturated rings. The van der Waals surface area contributed by atoms with Crippen molar-refractivity contribution in [1.29, 1.82) is 0 Å². The minimum atomic E-state index is -0.593. The number of nitrogens with zero attached hydrogens (tertiary/aromatic N) is 2. The highest BCUT2D eigenvalue weighted by Crippen LogP contribution is 2.08. The fourth-order valence-corrected chi connectivity index (χ4v) is 0.837. The van der Waals surface area contributed by atoms with Gasteiger partial charge in [-0.2, -0.15) is 4.98 Å². The SMILES string of the molecule is CC(C)(C)OC(=O)Nc1n[nH]c(CN)n1. The highest BCUT2D eigenvalue weighted by Gasteiger charge is 2.17. The molecule has 7 nitrogen and oxygen atoms in total. The van der Waals surface area contributed by atoms with Crippen molar-refractivity contribution >= 4 is 12.0 Å². The Morgan fingerprint density at radius 3 is 2.73 bits per heavy atom. The standard InChI is InChI=1S/C8H15N5O2/c1-8(2,3)15-7(14)11-6-10-5(4-9)12-13-6/h4,9H2,1-3H3,(H2,10,11,12,13,14). The molecular weight excluding hydrogens is 198 g/mol. The van der Waals surface area contributed by atoms with E-state index in [4.69, 9.17) is 10.5 Å². The number of H-pyrrole nitrogens is 1. The third-order valence-electron chi connectivity index (χ3n) is 1.34. The number of hydrogen-bond donors (Lipinski definition) is 3. The van der Waals surface area contributed by atoms with Gasteiger partial charge in [0.05, 0.1) is 6.54 Å². The first-order valence-electron chi connectivity index (χ1n) is 4.52. The predicted octanol–water partition coefficient (Wildman–Crippen LogP) is 0.610. The van der Waals surface area contributed by atoms with Gasteiger partial charge in [-0.15, -0.1) is 5.10 Å². The summed E-state index contributed by atoms with van der Waals surface area (Å²) in [5, 5.41) is 8.68. The molecule has 1 rings (SSSR count). The van der Waals surface area contributed by atoms with Gasteiger partial charge in [0, 0.05) is 0 Å². The van der Waals surface area contributed by atoms with Crippen LogP contribution in [0.25, 0.3) is 0 Å². The quantitative estimate of drug-likeness (QED) is 0.667. The number of carbonyl (C=O) groups is 1. The molecule has 0 aliphatic rings. The second kappa shape index (κ2) is 4.26. The summed E-state index contributed by atoms with van der Waals surface area (Å²) in [5.41, 5.74) is 4.77. The first-order chi connectivity index (χ1) is 6.90. The van der Waals surface area contributed by atoms with E-state index in [-0.39, 0.29) is 12.5 Å². The highest BCUT2D eigenvalue weighted by atomic mass is 16.6. The second-order valence-electron chi connectivity index (χ2n) is 3.94. The Morgan fingerprint density at radius 1 is 1.60 bits per heavy atom. The van der Waals surface area contributed by atoms with Gasteiger partial charge in [0.15, 0.2) is 0 Å². The highest BCUT2D eigenvalue weighted by molar-refractivity contribution is 5.82. The van der Waals surface area contributed by atoms with Crippen LogP contribution in [0, 0.1) is 0 Å². The molecule has 0 aromatic carbocycles. The number of nitrogens with two attached hydrogens (primary N) is 1. The fourth-order valence-electron chi connectivity index (χ4n) is 0.837. The molecule has 0 atom stereocenters. The molecule has 0 aliphatic carbocycles. The van der Waals surface area contributed by atoms with Gasteiger partial charge in [0.1, 0.15) is 11.4 Å². The van der Waals surface area contributed by atoms with E-state index in [0.717, 1.165) is 0 Å². The van der Waals surface area contributed by atoms with Crippen molar-refractivity contribution in [2.75, 3.05) is 5.32 Å². The van der Waals surface area contributed by atoms with Crippen molar-refractivity contribution in [2.24, 2.45) is 5.73 Å². The summed E-state index contributed by atoms with van der Waals surface area (Å²) in [5.74, 6) is 0.658. The maximum atomic E-state index is 11.3. The number of anilines is 1. The van der Waals surface area contributed by atoms with Crippen molar-refractivity contribution in [3.8, 4) is 0 Å². The van der Waals surface area contributed by atoms with E-state index >= 15 is 0 Å². The zero-order valence-corrected chi connectivity index (χ0v) is 9.00. The molecule has 0 saturated heterocycles. The monoisotopic (exact) mass is 213 g/mol. The smallest absolute Gasteiger partial charge is 0.414 e. The second-order valence-corrected chi connectivity index (χ2v) is 3.94. The molecule has 1 aromatic heterocycles. The zero-order valence-electron chi connectivity index (χ0n) is 9.00. The molecular formula is C8H15N5O2. The van der Waals surface area contributed by atoms with Gasteiger partial charge in [-0.3, -0.25) is 10.4 Å². The van der Waals surface area contributed by atoms with Crippen LogP contribution in [-0.4, -0.2) is 26.9 Å². The van der Waals surface area contributed by atoms with Crippen LogP contribution < -0.4 is 11.1 Å². The van der Waals surface area contributed by atoms with Crippen LogP contribution in [0.5, 0.6) is 0 Å². The summed E-state index contributed by atoms with van der Waals surface area (Å²) in [6, 6.07) is 0. The summed E-state index contributed by atoms with van der Waals surface area (Å²) < 4.78 is 5.01. The average molecular weight is 213 g/mol. The van der Waals surface area contributed by atoms with Gasteiger partial charge in [-0.25, -0.2) is 4.79 Å². The minimum absolute atomic E-state index is 0.157. The Bertz CT molecular complexity index is 341. The maximum absolute atomic E-state index is 11.3. The number of hydrogen-bond acceptors (Lipinski definition) is 5. The Hall–Kier alpha value is -1.63. The third-order valence-corrected chi connectivity index (χ3v) is 1.34. The number of aromatic amines is 1. The number of nitrogens with one attached hydrogen (secondary N) is 2. The fraction of sp³-hybridized carbons (Fsp3) is 0.625. The molecule has 1 aromatic rings. The summed E-state index contributed by atoms with van der Waals surface area (Å²) in [4.78, 5) is 15.2. The Morgan fingerprint density at radius 2 is 2.27 bits per heavy atom. The van der Waals surface area contributed by atoms with E-state index < -0.39 is 11.7 Å². The first-order valence-corrected chi connectivity index (χ1v) is 4.52. The molecule has 0 unspecified atom stereocenters. The van der Waals surface area contributed by atoms with Crippen LogP contribution in [-0.2, 0) is 11.3 Å². The summed E-state index contributed by atoms with van der Waals surface area (Å²) >= 11 is 0. The number of carbonyl (C=O) groups excluding carboxylic acids is 1. The van der Waals surface area contributed by atoms with Gasteiger partial charge in [0.25, 0.3) is 5.95 Å². The van der Waals surface area contributed by atoms with Gasteiger partial charge in [-0.05, 0) is 20.8 Å². The summed E-state index contributed by atoms with van der Waals surface area (Å²) in [7, 11) is 0. The van der Waals surface area contributed by atoms with Crippen LogP contribution in [0.15, 0.2) is 0 Å². The van der Waals surface area contributed by atoms with E-state index in [2.05, 4.69) is 20.5 Å². The summed E-state index contributed by atoms with van der Waals surface area (Å²) in [6.07, 6.45) is -0.593. The maximum Gasteiger partial charge on any atom is 0.414 e. The van der Waals surface area contributed by atoms with Crippen LogP contribution in [0.1, 0.15) is 26.6 Å². The zero-order chi connectivity index (χ0) is 11.5. The molecule has 4 N–H and O–H groups in total. The lowest BCUT2D eigenvalue weighted by atomic mass is 10.2. The molecule has 0 saturated carbocycles. The van der Waals surface area contributed by atoms with E-state index in [1.54, 1.807) is 20.8 Å². The van der Waals surface area contributed by atoms with E-state index in [0.29, 0.717) is 5.82 Å². The molecule has 0 aliphatic heterocycles. The molecule has 1 amide bonds. The average Bonchev–Trinajstić information content (AvgIpc) is 2.48. The molecule has 0 radical (unpaired) electrons. The summed E-state index contributed by atoms with van der Waals surface area (Å²) in [6.45, 7) is 5.56. The van der Waals surface area contributed by atoms with Crippen molar-refractivity contribution in [1.82, 2.24) is 15.2 Å². The lowest BCUT2D eigenvalue weighted by Crippen LogP contribution is -2.27. The first kappa shape index (κ1) is 11.4. The molecule has 1 heterocycles. The Kier molecular flexibility index (Phi) is 3.25. The van der Waals surface area contributed by atoms with Crippen molar-refractivity contribution in [3.63, 3.8) is 0 Å². The van der Waals surface area contributed by atoms with Crippen molar-refractivity contribution < 1.29 is 9.53 Å². The van der Waals surface area contributed by atoms with E-state index in [1.165, 1.54) is 0 Å². The van der Waals surface area contributed by atoms with Gasteiger partial charge < -0.3 is 10.5 Å². The minimum Gasteiger partial charge on any atom is -0.444 e. The molecule has 0 spiro atoms. The number of ether oxygens (including phenoxy) is 1. The van der Waals surface area contributed by atoms with Crippen LogP contribution in [0.3, 0.4) is 0 Å². The van der Waals surface area contributed by atoms with Crippen LogP contribution in [0.4, 0.5) is 10.7 Å². The van der Waals surface area contributed by atoms with E-state index in [9.17, 15) is 4.79 Å².